The van der Waals surface area contributed by atoms with Crippen LogP contribution in [0.5, 0.6) is 0 Å². The fourth-order valence-corrected chi connectivity index (χ4v) is 1.56. The number of nitrogens with one attached hydrogen (secondary N) is 1. The van der Waals surface area contributed by atoms with E-state index >= 15 is 0 Å². The number of aromatic nitrogens is 2. The summed E-state index contributed by atoms with van der Waals surface area (Å²) in [7, 11) is 1.88. The van der Waals surface area contributed by atoms with E-state index < -0.39 is 0 Å². The van der Waals surface area contributed by atoms with E-state index in [2.05, 4.69) is 10.4 Å². The summed E-state index contributed by atoms with van der Waals surface area (Å²) in [5, 5.41) is 7.31. The zero-order valence-corrected chi connectivity index (χ0v) is 10.4. The van der Waals surface area contributed by atoms with Gasteiger partial charge in [0.15, 0.2) is 0 Å². The fourth-order valence-electron chi connectivity index (χ4n) is 1.56. The predicted molar refractivity (Wildman–Crippen MR) is 67.4 cm³/mol. The van der Waals surface area contributed by atoms with Gasteiger partial charge in [0.1, 0.15) is 5.82 Å². The lowest BCUT2D eigenvalue weighted by Gasteiger charge is -2.03. The highest BCUT2D eigenvalue weighted by Crippen LogP contribution is 2.03. The van der Waals surface area contributed by atoms with Gasteiger partial charge in [-0.05, 0) is 17.7 Å². The van der Waals surface area contributed by atoms with Crippen molar-refractivity contribution in [3.05, 3.63) is 53.6 Å². The molecule has 2 rings (SSSR count). The summed E-state index contributed by atoms with van der Waals surface area (Å²) < 4.78 is 14.6. The molecular formula is C12H15ClFN3. The molecule has 92 valence electrons. The van der Waals surface area contributed by atoms with Crippen LogP contribution >= 0.6 is 12.4 Å². The molecule has 0 spiro atoms. The first-order valence-corrected chi connectivity index (χ1v) is 5.17. The molecule has 0 atom stereocenters. The van der Waals surface area contributed by atoms with Gasteiger partial charge in [-0.1, -0.05) is 12.1 Å². The summed E-state index contributed by atoms with van der Waals surface area (Å²) in [6.45, 7) is 1.40. The van der Waals surface area contributed by atoms with Crippen molar-refractivity contribution in [3.8, 4) is 0 Å². The van der Waals surface area contributed by atoms with Gasteiger partial charge in [0.05, 0.1) is 6.20 Å². The van der Waals surface area contributed by atoms with Crippen LogP contribution in [0.2, 0.25) is 0 Å². The molecular weight excluding hydrogens is 241 g/mol. The highest BCUT2D eigenvalue weighted by molar-refractivity contribution is 5.85. The Morgan fingerprint density at radius 1 is 1.29 bits per heavy atom. The Hall–Kier alpha value is -1.39. The molecule has 2 aromatic rings. The molecule has 1 aromatic heterocycles. The van der Waals surface area contributed by atoms with Crippen molar-refractivity contribution in [1.82, 2.24) is 15.1 Å². The van der Waals surface area contributed by atoms with Gasteiger partial charge >= 0.3 is 0 Å². The van der Waals surface area contributed by atoms with Crippen molar-refractivity contribution in [3.63, 3.8) is 0 Å². The number of nitrogens with zero attached hydrogens (tertiary/aromatic N) is 2. The van der Waals surface area contributed by atoms with Crippen LogP contribution in [0, 0.1) is 5.82 Å². The van der Waals surface area contributed by atoms with Crippen LogP contribution in [-0.2, 0) is 20.1 Å². The molecule has 0 fully saturated rings. The Labute approximate surface area is 106 Å². The lowest BCUT2D eigenvalue weighted by molar-refractivity contribution is 0.620. The number of hydrogen-bond acceptors (Lipinski definition) is 2. The SMILES string of the molecule is Cl.Cn1cc(CNCc2cccc(F)c2)cn1. The standard InChI is InChI=1S/C12H14FN3.ClH/c1-16-9-11(8-15-16)7-14-6-10-3-2-4-12(13)5-10;/h2-5,8-9,14H,6-7H2,1H3;1H. The molecule has 5 heteroatoms. The van der Waals surface area contributed by atoms with E-state index in [9.17, 15) is 4.39 Å². The van der Waals surface area contributed by atoms with Crippen LogP contribution < -0.4 is 5.32 Å². The Bertz CT molecular complexity index is 470. The maximum Gasteiger partial charge on any atom is 0.123 e. The molecule has 17 heavy (non-hydrogen) atoms. The fraction of sp³-hybridized carbons (Fsp3) is 0.250. The van der Waals surface area contributed by atoms with E-state index in [1.807, 2.05) is 25.5 Å². The third kappa shape index (κ3) is 4.17. The zero-order chi connectivity index (χ0) is 11.4. The molecule has 0 saturated heterocycles. The molecule has 0 bridgehead atoms. The molecule has 3 nitrogen and oxygen atoms in total. The highest BCUT2D eigenvalue weighted by atomic mass is 35.5. The first-order valence-electron chi connectivity index (χ1n) is 5.17. The van der Waals surface area contributed by atoms with E-state index in [4.69, 9.17) is 0 Å². The summed E-state index contributed by atoms with van der Waals surface area (Å²) in [6.07, 6.45) is 3.77. The zero-order valence-electron chi connectivity index (χ0n) is 9.56. The van der Waals surface area contributed by atoms with E-state index in [1.54, 1.807) is 10.7 Å². The van der Waals surface area contributed by atoms with Gasteiger partial charge in [0.25, 0.3) is 0 Å². The Morgan fingerprint density at radius 3 is 2.71 bits per heavy atom. The van der Waals surface area contributed by atoms with Crippen molar-refractivity contribution < 1.29 is 4.39 Å². The minimum absolute atomic E-state index is 0. The summed E-state index contributed by atoms with van der Waals surface area (Å²) in [5.41, 5.74) is 2.07. The summed E-state index contributed by atoms with van der Waals surface area (Å²) in [6, 6.07) is 6.61. The number of rotatable bonds is 4. The van der Waals surface area contributed by atoms with E-state index in [-0.39, 0.29) is 18.2 Å². The van der Waals surface area contributed by atoms with Crippen LogP contribution in [0.1, 0.15) is 11.1 Å². The average Bonchev–Trinajstić information content (AvgIpc) is 2.64. The highest BCUT2D eigenvalue weighted by Gasteiger charge is 1.97. The number of aryl methyl sites for hydroxylation is 1. The normalized spacial score (nSPS) is 10.0. The van der Waals surface area contributed by atoms with Crippen molar-refractivity contribution in [1.29, 1.82) is 0 Å². The minimum atomic E-state index is -0.194. The monoisotopic (exact) mass is 255 g/mol. The van der Waals surface area contributed by atoms with E-state index in [1.165, 1.54) is 12.1 Å². The number of halogens is 2. The second-order valence-corrected chi connectivity index (χ2v) is 3.76. The maximum atomic E-state index is 12.9. The molecule has 0 saturated carbocycles. The largest absolute Gasteiger partial charge is 0.309 e. The predicted octanol–water partition coefficient (Wildman–Crippen LogP) is 2.27. The molecule has 0 amide bonds. The molecule has 0 aliphatic carbocycles. The molecule has 0 aliphatic rings. The maximum absolute atomic E-state index is 12.9. The molecule has 1 heterocycles. The van der Waals surface area contributed by atoms with Gasteiger partial charge in [-0.2, -0.15) is 5.10 Å². The molecule has 0 aliphatic heterocycles. The van der Waals surface area contributed by atoms with Gasteiger partial charge in [0, 0.05) is 31.9 Å². The topological polar surface area (TPSA) is 29.9 Å². The Morgan fingerprint density at radius 2 is 2.06 bits per heavy atom. The molecule has 0 radical (unpaired) electrons. The molecule has 0 unspecified atom stereocenters. The van der Waals surface area contributed by atoms with E-state index in [0.717, 1.165) is 17.7 Å². The van der Waals surface area contributed by atoms with Crippen molar-refractivity contribution >= 4 is 12.4 Å². The van der Waals surface area contributed by atoms with Crippen molar-refractivity contribution in [2.24, 2.45) is 7.05 Å². The lowest BCUT2D eigenvalue weighted by Crippen LogP contribution is -2.12. The summed E-state index contributed by atoms with van der Waals surface area (Å²) in [4.78, 5) is 0. The Balaban J connectivity index is 0.00000144. The second-order valence-electron chi connectivity index (χ2n) is 3.76. The van der Waals surface area contributed by atoms with Crippen LogP contribution in [0.15, 0.2) is 36.7 Å². The van der Waals surface area contributed by atoms with Gasteiger partial charge < -0.3 is 5.32 Å². The lowest BCUT2D eigenvalue weighted by atomic mass is 10.2. The van der Waals surface area contributed by atoms with Crippen LogP contribution in [0.3, 0.4) is 0 Å². The van der Waals surface area contributed by atoms with Gasteiger partial charge in [-0.15, -0.1) is 12.4 Å². The molecule has 1 aromatic carbocycles. The summed E-state index contributed by atoms with van der Waals surface area (Å²) in [5.74, 6) is -0.194. The van der Waals surface area contributed by atoms with Crippen molar-refractivity contribution in [2.75, 3.05) is 0 Å². The Kier molecular flexibility index (Phi) is 5.12. The quantitative estimate of drug-likeness (QED) is 0.908. The van der Waals surface area contributed by atoms with E-state index in [0.29, 0.717) is 6.54 Å². The number of benzene rings is 1. The van der Waals surface area contributed by atoms with Crippen LogP contribution in [0.4, 0.5) is 4.39 Å². The summed E-state index contributed by atoms with van der Waals surface area (Å²) >= 11 is 0. The first kappa shape index (κ1) is 13.7. The van der Waals surface area contributed by atoms with Crippen LogP contribution in [-0.4, -0.2) is 9.78 Å². The van der Waals surface area contributed by atoms with Gasteiger partial charge in [-0.25, -0.2) is 4.39 Å². The molecule has 1 N–H and O–H groups in total. The minimum Gasteiger partial charge on any atom is -0.309 e. The smallest absolute Gasteiger partial charge is 0.123 e. The van der Waals surface area contributed by atoms with Crippen molar-refractivity contribution in [2.45, 2.75) is 13.1 Å². The third-order valence-electron chi connectivity index (χ3n) is 2.31. The number of hydrogen-bond donors (Lipinski definition) is 1. The third-order valence-corrected chi connectivity index (χ3v) is 2.31. The van der Waals surface area contributed by atoms with Gasteiger partial charge in [-0.3, -0.25) is 4.68 Å². The average molecular weight is 256 g/mol. The van der Waals surface area contributed by atoms with Gasteiger partial charge in [0.2, 0.25) is 0 Å². The van der Waals surface area contributed by atoms with Crippen LogP contribution in [0.25, 0.3) is 0 Å². The second kappa shape index (κ2) is 6.37. The first-order chi connectivity index (χ1) is 7.74.